The van der Waals surface area contributed by atoms with Gasteiger partial charge in [0.15, 0.2) is 0 Å². The van der Waals surface area contributed by atoms with E-state index in [0.717, 1.165) is 82.3 Å². The fraction of sp³-hybridized carbons (Fsp3) is 0.200. The summed E-state index contributed by atoms with van der Waals surface area (Å²) in [6, 6.07) is 56.3. The summed E-state index contributed by atoms with van der Waals surface area (Å²) in [6.45, 7) is 2.32. The first kappa shape index (κ1) is 35.2. The van der Waals surface area contributed by atoms with E-state index in [-0.39, 0.29) is 11.0 Å². The molecular formula is C65H59N5O. The molecule has 0 unspecified atom stereocenters. The first-order chi connectivity index (χ1) is 37.8. The Labute approximate surface area is 428 Å². The number of rotatable bonds is 5. The van der Waals surface area contributed by atoms with Crippen LogP contribution in [0.4, 0.5) is 11.4 Å². The molecule has 0 N–H and O–H groups in total. The van der Waals surface area contributed by atoms with Crippen molar-refractivity contribution < 1.29 is 17.1 Å². The normalized spacial score (nSPS) is 15.5. The van der Waals surface area contributed by atoms with Crippen LogP contribution in [0, 0.1) is 0 Å². The number of benzene rings is 7. The third-order valence-corrected chi connectivity index (χ3v) is 14.2. The Morgan fingerprint density at radius 3 is 1.79 bits per heavy atom. The molecule has 0 bridgehead atoms. The Balaban J connectivity index is 1.08. The molecule has 1 aliphatic heterocycles. The van der Waals surface area contributed by atoms with E-state index in [1.54, 1.807) is 0 Å². The van der Waals surface area contributed by atoms with Crippen molar-refractivity contribution in [1.82, 2.24) is 19.1 Å². The number of hydrogen-bond acceptors (Lipinski definition) is 4. The molecule has 0 radical (unpaired) electrons. The lowest BCUT2D eigenvalue weighted by Gasteiger charge is -2.27. The van der Waals surface area contributed by atoms with Crippen molar-refractivity contribution >= 4 is 76.5 Å². The Morgan fingerprint density at radius 2 is 1.10 bits per heavy atom. The molecule has 12 rings (SSSR count). The van der Waals surface area contributed by atoms with Gasteiger partial charge in [-0.3, -0.25) is 4.57 Å². The van der Waals surface area contributed by atoms with Gasteiger partial charge in [0.1, 0.15) is 18.2 Å². The van der Waals surface area contributed by atoms with Crippen LogP contribution < -0.4 is 9.64 Å². The SMILES string of the molecule is [2H]C([2H])([2H])C(c1cc(-c2cccc3c4ccccc4c4ccccc4c4cccc5c4n(c23)CN5c2cccc(Oc3cc4c(cn3)c3ccccc3n4-c3cc(C(C)(C)C)ccn3)c2)cc(C(C)(C)C)c1)(C([2H])([2H])[2H])C([2H])([2H])[2H]. The second-order valence-corrected chi connectivity index (χ2v) is 20.9. The first-order valence-corrected chi connectivity index (χ1v) is 24.2. The highest BCUT2D eigenvalue weighted by molar-refractivity contribution is 6.22. The van der Waals surface area contributed by atoms with E-state index in [2.05, 4.69) is 108 Å². The summed E-state index contributed by atoms with van der Waals surface area (Å²) in [5, 5.41) is 7.84. The van der Waals surface area contributed by atoms with Crippen molar-refractivity contribution in [2.75, 3.05) is 4.90 Å². The second-order valence-electron chi connectivity index (χ2n) is 20.9. The summed E-state index contributed by atoms with van der Waals surface area (Å²) >= 11 is 0. The molecule has 6 heteroatoms. The fourth-order valence-corrected chi connectivity index (χ4v) is 10.6. The number of para-hydroxylation sites is 3. The average Bonchev–Trinajstić information content (AvgIpc) is 4.05. The van der Waals surface area contributed by atoms with E-state index in [0.29, 0.717) is 35.0 Å². The van der Waals surface area contributed by atoms with Gasteiger partial charge in [0.25, 0.3) is 0 Å². The van der Waals surface area contributed by atoms with Crippen LogP contribution in [-0.4, -0.2) is 19.1 Å². The van der Waals surface area contributed by atoms with Crippen LogP contribution in [-0.2, 0) is 22.9 Å². The van der Waals surface area contributed by atoms with Crippen molar-refractivity contribution in [3.63, 3.8) is 0 Å². The highest BCUT2D eigenvalue weighted by atomic mass is 16.5. The zero-order chi connectivity index (χ0) is 56.5. The maximum Gasteiger partial charge on any atom is 0.221 e. The van der Waals surface area contributed by atoms with Gasteiger partial charge in [-0.2, -0.15) is 0 Å². The Kier molecular flexibility index (Phi) is 8.08. The van der Waals surface area contributed by atoms with E-state index in [1.807, 2.05) is 118 Å². The molecule has 0 atom stereocenters. The van der Waals surface area contributed by atoms with Crippen LogP contribution in [0.15, 0.2) is 182 Å². The number of hydrogen-bond donors (Lipinski definition) is 0. The van der Waals surface area contributed by atoms with Crippen LogP contribution in [0.1, 0.15) is 91.1 Å². The molecule has 7 aromatic carbocycles. The van der Waals surface area contributed by atoms with Crippen LogP contribution in [0.25, 0.3) is 82.1 Å². The summed E-state index contributed by atoms with van der Waals surface area (Å²) in [5.74, 6) is 1.77. The van der Waals surface area contributed by atoms with Crippen molar-refractivity contribution in [2.24, 2.45) is 0 Å². The minimum absolute atomic E-state index is 0.0899. The Bertz CT molecular complexity index is 4350. The Hall–Kier alpha value is -7.96. The third-order valence-electron chi connectivity index (χ3n) is 14.2. The maximum atomic E-state index is 8.79. The molecule has 6 nitrogen and oxygen atoms in total. The highest BCUT2D eigenvalue weighted by Crippen LogP contribution is 2.46. The van der Waals surface area contributed by atoms with Gasteiger partial charge in [-0.15, -0.1) is 0 Å². The number of nitrogens with zero attached hydrogens (tertiary/aromatic N) is 5. The molecule has 71 heavy (non-hydrogen) atoms. The number of anilines is 2. The standard InChI is InChI=1S/C65H59N5O/c1-63(2,3)42-31-32-66-59(36-42)70-56-29-15-14-25-52(56)55-39-67-60(38-58(55)70)71-46-20-16-19-45(37-46)68-40-69-61-47(41-33-43(64(4,5)6)35-44(34-41)65(7,8)9)26-17-27-53(61)50-23-12-10-21-48(50)49-22-11-13-24-51(49)54-28-18-30-57(68)62(54)69/h10-39H,40H2,1-9H3/i4D3,5D3,6D3. The molecule has 0 fully saturated rings. The molecule has 11 aromatic rings. The lowest BCUT2D eigenvalue weighted by atomic mass is 9.78. The molecule has 0 amide bonds. The van der Waals surface area contributed by atoms with Crippen molar-refractivity contribution in [3.05, 3.63) is 199 Å². The van der Waals surface area contributed by atoms with E-state index < -0.39 is 31.4 Å². The zero-order valence-electron chi connectivity index (χ0n) is 49.7. The third kappa shape index (κ3) is 7.56. The van der Waals surface area contributed by atoms with Crippen LogP contribution >= 0.6 is 0 Å². The Morgan fingerprint density at radius 1 is 0.493 bits per heavy atom. The lowest BCUT2D eigenvalue weighted by molar-refractivity contribution is 0.464. The summed E-state index contributed by atoms with van der Waals surface area (Å²) in [7, 11) is 0. The van der Waals surface area contributed by atoms with E-state index in [9.17, 15) is 0 Å². The molecule has 0 saturated carbocycles. The molecule has 0 saturated heterocycles. The van der Waals surface area contributed by atoms with E-state index >= 15 is 0 Å². The number of pyridine rings is 2. The van der Waals surface area contributed by atoms with Crippen molar-refractivity contribution in [2.45, 2.75) is 85.0 Å². The van der Waals surface area contributed by atoms with Gasteiger partial charge in [-0.1, -0.05) is 183 Å². The van der Waals surface area contributed by atoms with Gasteiger partial charge in [0.2, 0.25) is 5.88 Å². The number of fused-ring (bicyclic) bond motifs is 10. The molecule has 1 aliphatic rings. The summed E-state index contributed by atoms with van der Waals surface area (Å²) in [5.41, 5.74) is 3.93. The maximum absolute atomic E-state index is 8.79. The quantitative estimate of drug-likeness (QED) is 0.173. The van der Waals surface area contributed by atoms with Gasteiger partial charge in [-0.05, 0) is 96.4 Å². The van der Waals surface area contributed by atoms with Crippen LogP contribution in [0.5, 0.6) is 11.6 Å². The zero-order valence-corrected chi connectivity index (χ0v) is 40.7. The predicted octanol–water partition coefficient (Wildman–Crippen LogP) is 17.6. The molecule has 0 aliphatic carbocycles. The smallest absolute Gasteiger partial charge is 0.221 e. The minimum atomic E-state index is -3.47. The van der Waals surface area contributed by atoms with E-state index in [4.69, 9.17) is 27.0 Å². The van der Waals surface area contributed by atoms with Gasteiger partial charge in [0, 0.05) is 69.7 Å². The van der Waals surface area contributed by atoms with Gasteiger partial charge in [-0.25, -0.2) is 9.97 Å². The molecular weight excluding hydrogens is 867 g/mol. The average molecular weight is 935 g/mol. The van der Waals surface area contributed by atoms with Crippen molar-refractivity contribution in [3.8, 4) is 28.6 Å². The summed E-state index contributed by atoms with van der Waals surface area (Å²) < 4.78 is 90.3. The highest BCUT2D eigenvalue weighted by Gasteiger charge is 2.28. The largest absolute Gasteiger partial charge is 0.439 e. The van der Waals surface area contributed by atoms with Gasteiger partial charge < -0.3 is 14.2 Å². The van der Waals surface area contributed by atoms with Gasteiger partial charge in [0.05, 0.1) is 27.8 Å². The molecule has 350 valence electrons. The lowest BCUT2D eigenvalue weighted by Crippen LogP contribution is -2.17. The molecule has 5 heterocycles. The van der Waals surface area contributed by atoms with Crippen molar-refractivity contribution in [1.29, 1.82) is 0 Å². The molecule has 4 aromatic heterocycles. The predicted molar refractivity (Wildman–Crippen MR) is 299 cm³/mol. The van der Waals surface area contributed by atoms with E-state index in [1.165, 1.54) is 17.7 Å². The second kappa shape index (κ2) is 16.3. The number of aromatic nitrogens is 4. The summed E-state index contributed by atoms with van der Waals surface area (Å²) in [4.78, 5) is 12.0. The topological polar surface area (TPSA) is 48.1 Å². The number of ether oxygens (including phenoxy) is 1. The first-order valence-electron chi connectivity index (χ1n) is 28.7. The molecule has 0 spiro atoms. The van der Waals surface area contributed by atoms with Crippen LogP contribution in [0.3, 0.4) is 0 Å². The fourth-order valence-electron chi connectivity index (χ4n) is 10.6. The minimum Gasteiger partial charge on any atom is -0.439 e. The van der Waals surface area contributed by atoms with Gasteiger partial charge >= 0.3 is 0 Å². The van der Waals surface area contributed by atoms with Crippen LogP contribution in [0.2, 0.25) is 0 Å². The monoisotopic (exact) mass is 935 g/mol. The summed E-state index contributed by atoms with van der Waals surface area (Å²) in [6.07, 6.45) is 3.73.